The van der Waals surface area contributed by atoms with Crippen LogP contribution in [0.15, 0.2) is 29.8 Å². The summed E-state index contributed by atoms with van der Waals surface area (Å²) in [6.07, 6.45) is 4.07. The van der Waals surface area contributed by atoms with Gasteiger partial charge in [-0.25, -0.2) is 9.50 Å². The Balaban J connectivity index is 1.47. The van der Waals surface area contributed by atoms with Gasteiger partial charge in [-0.05, 0) is 36.4 Å². The predicted molar refractivity (Wildman–Crippen MR) is 102 cm³/mol. The summed E-state index contributed by atoms with van der Waals surface area (Å²) in [6, 6.07) is 8.24. The first kappa shape index (κ1) is 16.2. The van der Waals surface area contributed by atoms with Crippen molar-refractivity contribution in [3.05, 3.63) is 40.3 Å². The van der Waals surface area contributed by atoms with Crippen LogP contribution in [0, 0.1) is 11.3 Å². The van der Waals surface area contributed by atoms with Crippen molar-refractivity contribution in [3.63, 3.8) is 0 Å². The van der Waals surface area contributed by atoms with Crippen LogP contribution in [0.3, 0.4) is 0 Å². The molecule has 6 heterocycles. The Morgan fingerprint density at radius 3 is 3.04 bits per heavy atom. The number of carbonyl (C=O) groups excluding carboxylic acids is 1. The van der Waals surface area contributed by atoms with E-state index < -0.39 is 0 Å². The summed E-state index contributed by atoms with van der Waals surface area (Å²) in [5.74, 6) is 0.355. The Labute approximate surface area is 159 Å². The van der Waals surface area contributed by atoms with Crippen molar-refractivity contribution in [2.45, 2.75) is 24.9 Å². The van der Waals surface area contributed by atoms with Gasteiger partial charge in [0, 0.05) is 25.2 Å². The standard InChI is InChI=1S/C18H17N7OS/c19-7-16-14(5-6-27-16)22-17(26)15-4-3-13-9-21-18(23-25(13)15)24-10-11-1-2-12(24)8-20-11/h3-6,9,11-12,20H,1-2,8,10H2,(H,22,26). The van der Waals surface area contributed by atoms with E-state index in [1.165, 1.54) is 17.8 Å². The number of carbonyl (C=O) groups is 1. The summed E-state index contributed by atoms with van der Waals surface area (Å²) < 4.78 is 1.63. The van der Waals surface area contributed by atoms with E-state index in [2.05, 4.69) is 31.7 Å². The molecule has 27 heavy (non-hydrogen) atoms. The number of amides is 1. The second kappa shape index (κ2) is 6.33. The van der Waals surface area contributed by atoms with E-state index in [4.69, 9.17) is 5.26 Å². The number of nitriles is 1. The van der Waals surface area contributed by atoms with Crippen LogP contribution in [0.4, 0.5) is 11.6 Å². The highest BCUT2D eigenvalue weighted by atomic mass is 32.1. The molecule has 2 N–H and O–H groups in total. The van der Waals surface area contributed by atoms with E-state index in [1.54, 1.807) is 28.2 Å². The van der Waals surface area contributed by atoms with E-state index in [-0.39, 0.29) is 5.91 Å². The lowest BCUT2D eigenvalue weighted by atomic mass is 9.93. The molecule has 3 aliphatic rings. The quantitative estimate of drug-likeness (QED) is 0.721. The molecule has 136 valence electrons. The van der Waals surface area contributed by atoms with Crippen LogP contribution in [-0.2, 0) is 0 Å². The van der Waals surface area contributed by atoms with Gasteiger partial charge in [0.25, 0.3) is 5.91 Å². The van der Waals surface area contributed by atoms with Gasteiger partial charge >= 0.3 is 0 Å². The molecule has 0 saturated carbocycles. The van der Waals surface area contributed by atoms with Crippen LogP contribution in [0.25, 0.3) is 5.52 Å². The molecule has 3 fully saturated rings. The zero-order chi connectivity index (χ0) is 18.4. The number of fused-ring (bicyclic) bond motifs is 4. The van der Waals surface area contributed by atoms with Crippen LogP contribution < -0.4 is 15.5 Å². The number of anilines is 2. The number of piperazine rings is 1. The summed E-state index contributed by atoms with van der Waals surface area (Å²) in [6.45, 7) is 1.83. The maximum Gasteiger partial charge on any atom is 0.274 e. The molecule has 3 saturated heterocycles. The molecule has 0 radical (unpaired) electrons. The number of hydrogen-bond donors (Lipinski definition) is 2. The maximum atomic E-state index is 12.7. The molecule has 0 aromatic carbocycles. The van der Waals surface area contributed by atoms with Crippen LogP contribution in [0.2, 0.25) is 0 Å². The molecule has 3 aliphatic heterocycles. The van der Waals surface area contributed by atoms with Crippen molar-refractivity contribution in [2.75, 3.05) is 23.3 Å². The van der Waals surface area contributed by atoms with Crippen LogP contribution in [-0.4, -0.2) is 45.7 Å². The van der Waals surface area contributed by atoms with Crippen LogP contribution in [0.1, 0.15) is 28.2 Å². The van der Waals surface area contributed by atoms with Crippen molar-refractivity contribution < 1.29 is 4.79 Å². The summed E-state index contributed by atoms with van der Waals surface area (Å²) in [5.41, 5.74) is 1.70. The second-order valence-electron chi connectivity index (χ2n) is 6.83. The van der Waals surface area contributed by atoms with Gasteiger partial charge < -0.3 is 15.5 Å². The van der Waals surface area contributed by atoms with Crippen LogP contribution >= 0.6 is 11.3 Å². The lowest BCUT2D eigenvalue weighted by Crippen LogP contribution is -2.61. The van der Waals surface area contributed by atoms with E-state index >= 15 is 0 Å². The first-order chi connectivity index (χ1) is 13.2. The molecule has 0 spiro atoms. The molecule has 3 aromatic rings. The number of piperidine rings is 2. The number of nitrogens with zero attached hydrogens (tertiary/aromatic N) is 5. The molecule has 2 atom stereocenters. The molecule has 0 aliphatic carbocycles. The van der Waals surface area contributed by atoms with Crippen molar-refractivity contribution in [1.29, 1.82) is 5.26 Å². The first-order valence-corrected chi connectivity index (χ1v) is 9.74. The number of aromatic nitrogens is 3. The van der Waals surface area contributed by atoms with E-state index in [9.17, 15) is 4.79 Å². The molecular formula is C18H17N7OS. The minimum Gasteiger partial charge on any atom is -0.334 e. The topological polar surface area (TPSA) is 98.3 Å². The number of thiophene rings is 1. The highest BCUT2D eigenvalue weighted by molar-refractivity contribution is 7.11. The molecule has 2 unspecified atom stereocenters. The summed E-state index contributed by atoms with van der Waals surface area (Å²) in [7, 11) is 0. The monoisotopic (exact) mass is 379 g/mol. The highest BCUT2D eigenvalue weighted by Crippen LogP contribution is 2.26. The molecule has 3 aromatic heterocycles. The molecule has 8 nitrogen and oxygen atoms in total. The summed E-state index contributed by atoms with van der Waals surface area (Å²) in [5, 5.41) is 21.9. The van der Waals surface area contributed by atoms with Gasteiger partial charge in [-0.2, -0.15) is 5.26 Å². The van der Waals surface area contributed by atoms with Gasteiger partial charge in [0.1, 0.15) is 16.6 Å². The predicted octanol–water partition coefficient (Wildman–Crippen LogP) is 1.86. The fraction of sp³-hybridized carbons (Fsp3) is 0.333. The number of hydrogen-bond acceptors (Lipinski definition) is 7. The molecule has 2 bridgehead atoms. The van der Waals surface area contributed by atoms with Crippen LogP contribution in [0.5, 0.6) is 0 Å². The molecule has 9 heteroatoms. The van der Waals surface area contributed by atoms with Crippen molar-refractivity contribution in [2.24, 2.45) is 0 Å². The Morgan fingerprint density at radius 1 is 1.37 bits per heavy atom. The van der Waals surface area contributed by atoms with Crippen molar-refractivity contribution in [1.82, 2.24) is 19.9 Å². The summed E-state index contributed by atoms with van der Waals surface area (Å²) >= 11 is 1.30. The van der Waals surface area contributed by atoms with Gasteiger partial charge in [-0.3, -0.25) is 4.79 Å². The lowest BCUT2D eigenvalue weighted by molar-refractivity contribution is 0.102. The Bertz CT molecular complexity index is 1060. The number of nitrogens with one attached hydrogen (secondary N) is 2. The zero-order valence-electron chi connectivity index (χ0n) is 14.4. The first-order valence-electron chi connectivity index (χ1n) is 8.86. The maximum absolute atomic E-state index is 12.7. The third-order valence-corrected chi connectivity index (χ3v) is 6.06. The van der Waals surface area contributed by atoms with E-state index in [1.807, 2.05) is 6.07 Å². The van der Waals surface area contributed by atoms with Gasteiger partial charge in [0.15, 0.2) is 0 Å². The third kappa shape index (κ3) is 2.74. The molecule has 1 amide bonds. The minimum atomic E-state index is -0.295. The Kier molecular flexibility index (Phi) is 3.81. The van der Waals surface area contributed by atoms with Gasteiger partial charge in [-0.15, -0.1) is 16.4 Å². The average Bonchev–Trinajstić information content (AvgIpc) is 3.34. The van der Waals surface area contributed by atoms with Gasteiger partial charge in [-0.1, -0.05) is 0 Å². The number of rotatable bonds is 3. The van der Waals surface area contributed by atoms with E-state index in [0.717, 1.165) is 25.0 Å². The smallest absolute Gasteiger partial charge is 0.274 e. The molecule has 6 rings (SSSR count). The fourth-order valence-corrected chi connectivity index (χ4v) is 4.47. The van der Waals surface area contributed by atoms with E-state index in [0.29, 0.717) is 34.3 Å². The van der Waals surface area contributed by atoms with Crippen molar-refractivity contribution in [3.8, 4) is 6.07 Å². The second-order valence-corrected chi connectivity index (χ2v) is 7.75. The minimum absolute atomic E-state index is 0.295. The highest BCUT2D eigenvalue weighted by Gasteiger charge is 2.35. The average molecular weight is 379 g/mol. The van der Waals surface area contributed by atoms with Crippen molar-refractivity contribution >= 4 is 34.4 Å². The SMILES string of the molecule is N#Cc1sccc1NC(=O)c1ccc2cnc(N3CC4CCC3CN4)nn12. The van der Waals surface area contributed by atoms with Gasteiger partial charge in [0.2, 0.25) is 5.95 Å². The Hall–Kier alpha value is -2.96. The summed E-state index contributed by atoms with van der Waals surface area (Å²) in [4.78, 5) is 20.0. The molecular weight excluding hydrogens is 362 g/mol. The lowest BCUT2D eigenvalue weighted by Gasteiger charge is -2.45. The third-order valence-electron chi connectivity index (χ3n) is 5.24. The Morgan fingerprint density at radius 2 is 2.30 bits per heavy atom. The largest absolute Gasteiger partial charge is 0.334 e. The normalized spacial score (nSPS) is 21.4. The fourth-order valence-electron chi connectivity index (χ4n) is 3.83. The van der Waals surface area contributed by atoms with Gasteiger partial charge in [0.05, 0.1) is 17.4 Å². The zero-order valence-corrected chi connectivity index (χ0v) is 15.2.